The second-order valence-electron chi connectivity index (χ2n) is 7.28. The minimum absolute atomic E-state index is 0.204. The summed E-state index contributed by atoms with van der Waals surface area (Å²) in [5.41, 5.74) is 1.39. The average Bonchev–Trinajstić information content (AvgIpc) is 3.06. The van der Waals surface area contributed by atoms with Crippen LogP contribution in [0.4, 0.5) is 4.79 Å². The highest BCUT2D eigenvalue weighted by atomic mass is 35.5. The fraction of sp³-hybridized carbons (Fsp3) is 0.292. The third-order valence-electron chi connectivity index (χ3n) is 4.81. The summed E-state index contributed by atoms with van der Waals surface area (Å²) in [5, 5.41) is 0.511. The highest BCUT2D eigenvalue weighted by molar-refractivity contribution is 8.18. The van der Waals surface area contributed by atoms with Gasteiger partial charge >= 0.3 is 5.97 Å². The number of ether oxygens (including phenoxy) is 3. The molecule has 34 heavy (non-hydrogen) atoms. The lowest BCUT2D eigenvalue weighted by Crippen LogP contribution is -2.34. The molecule has 180 valence electrons. The van der Waals surface area contributed by atoms with Gasteiger partial charge in [-0.1, -0.05) is 48.7 Å². The topological polar surface area (TPSA) is 82.1 Å². The number of imide groups is 1. The monoisotopic (exact) mass is 523 g/mol. The number of unbranched alkanes of at least 4 members (excludes halogenated alkanes) is 1. The molecule has 0 radical (unpaired) electrons. The highest BCUT2D eigenvalue weighted by Gasteiger charge is 2.36. The van der Waals surface area contributed by atoms with E-state index in [0.29, 0.717) is 27.1 Å². The van der Waals surface area contributed by atoms with Crippen molar-refractivity contribution in [1.29, 1.82) is 0 Å². The molecule has 0 N–H and O–H groups in total. The second kappa shape index (κ2) is 12.1. The van der Waals surface area contributed by atoms with Crippen molar-refractivity contribution in [2.45, 2.75) is 26.4 Å². The summed E-state index contributed by atoms with van der Waals surface area (Å²) in [6.45, 7) is 2.03. The number of benzene rings is 2. The number of rotatable bonds is 10. The van der Waals surface area contributed by atoms with Gasteiger partial charge in [0.25, 0.3) is 11.1 Å². The Morgan fingerprint density at radius 3 is 2.62 bits per heavy atom. The molecule has 3 rings (SSSR count). The van der Waals surface area contributed by atoms with E-state index >= 15 is 0 Å². The largest absolute Gasteiger partial charge is 0.493 e. The third kappa shape index (κ3) is 6.68. The van der Waals surface area contributed by atoms with Gasteiger partial charge in [-0.25, -0.2) is 0 Å². The Labute approximate surface area is 211 Å². The number of carbonyl (C=O) groups is 3. The molecule has 10 heteroatoms. The minimum Gasteiger partial charge on any atom is -0.493 e. The molecule has 7 nitrogen and oxygen atoms in total. The number of hydrogen-bond acceptors (Lipinski definition) is 7. The van der Waals surface area contributed by atoms with E-state index in [1.165, 1.54) is 7.11 Å². The van der Waals surface area contributed by atoms with Crippen LogP contribution in [-0.4, -0.2) is 42.3 Å². The Morgan fingerprint density at radius 1 is 1.12 bits per heavy atom. The number of nitrogens with zero attached hydrogens (tertiary/aromatic N) is 1. The molecule has 1 heterocycles. The minimum atomic E-state index is -0.610. The number of amides is 2. The molecule has 1 aliphatic rings. The molecule has 0 unspecified atom stereocenters. The fourth-order valence-electron chi connectivity index (χ4n) is 2.98. The van der Waals surface area contributed by atoms with Crippen molar-refractivity contribution in [1.82, 2.24) is 4.90 Å². The molecule has 2 aromatic carbocycles. The van der Waals surface area contributed by atoms with Gasteiger partial charge in [0.05, 0.1) is 18.6 Å². The van der Waals surface area contributed by atoms with Crippen LogP contribution in [0.25, 0.3) is 6.08 Å². The third-order valence-corrected chi connectivity index (χ3v) is 6.30. The summed E-state index contributed by atoms with van der Waals surface area (Å²) in [7, 11) is 1.50. The summed E-state index contributed by atoms with van der Waals surface area (Å²) >= 11 is 12.9. The molecule has 0 atom stereocenters. The van der Waals surface area contributed by atoms with Gasteiger partial charge < -0.3 is 14.2 Å². The van der Waals surface area contributed by atoms with Crippen molar-refractivity contribution in [3.63, 3.8) is 0 Å². The molecule has 0 aliphatic carbocycles. The number of esters is 1. The Hall–Kier alpha value is -2.68. The van der Waals surface area contributed by atoms with Crippen LogP contribution in [0.1, 0.15) is 30.9 Å². The van der Waals surface area contributed by atoms with E-state index in [-0.39, 0.29) is 18.1 Å². The molecular formula is C24H23Cl2NO6S. The van der Waals surface area contributed by atoms with E-state index < -0.39 is 23.7 Å². The van der Waals surface area contributed by atoms with Gasteiger partial charge in [-0.2, -0.15) is 0 Å². The highest BCUT2D eigenvalue weighted by Crippen LogP contribution is 2.35. The summed E-state index contributed by atoms with van der Waals surface area (Å²) < 4.78 is 16.3. The van der Waals surface area contributed by atoms with Crippen LogP contribution in [0.5, 0.6) is 11.5 Å². The van der Waals surface area contributed by atoms with E-state index in [1.807, 2.05) is 6.92 Å². The van der Waals surface area contributed by atoms with Crippen molar-refractivity contribution in [2.75, 3.05) is 20.3 Å². The molecule has 2 amide bonds. The smallest absolute Gasteiger partial charge is 0.326 e. The average molecular weight is 524 g/mol. The maximum atomic E-state index is 12.7. The van der Waals surface area contributed by atoms with Crippen LogP contribution >= 0.6 is 35.0 Å². The lowest BCUT2D eigenvalue weighted by atomic mass is 10.1. The Kier molecular flexibility index (Phi) is 9.27. The number of carbonyl (C=O) groups excluding carboxylic acids is 3. The molecule has 0 aromatic heterocycles. The zero-order valence-electron chi connectivity index (χ0n) is 18.6. The fourth-order valence-corrected chi connectivity index (χ4v) is 4.28. The van der Waals surface area contributed by atoms with Crippen LogP contribution in [-0.2, 0) is 20.9 Å². The Morgan fingerprint density at radius 2 is 1.91 bits per heavy atom. The summed E-state index contributed by atoms with van der Waals surface area (Å²) in [4.78, 5) is 37.9. The maximum Gasteiger partial charge on any atom is 0.326 e. The van der Waals surface area contributed by atoms with Crippen LogP contribution in [0.3, 0.4) is 0 Å². The van der Waals surface area contributed by atoms with Crippen LogP contribution in [0, 0.1) is 0 Å². The predicted octanol–water partition coefficient (Wildman–Crippen LogP) is 5.96. The summed E-state index contributed by atoms with van der Waals surface area (Å²) in [6.07, 6.45) is 3.16. The van der Waals surface area contributed by atoms with Crippen LogP contribution in [0.2, 0.25) is 10.0 Å². The first-order chi connectivity index (χ1) is 16.3. The molecule has 2 aromatic rings. The lowest BCUT2D eigenvalue weighted by molar-refractivity contribution is -0.146. The first kappa shape index (κ1) is 25.9. The van der Waals surface area contributed by atoms with Gasteiger partial charge in [0.15, 0.2) is 11.5 Å². The van der Waals surface area contributed by atoms with Gasteiger partial charge in [-0.05, 0) is 54.1 Å². The molecular weight excluding hydrogens is 501 g/mol. The van der Waals surface area contributed by atoms with Crippen molar-refractivity contribution >= 4 is 58.2 Å². The first-order valence-electron chi connectivity index (χ1n) is 10.5. The van der Waals surface area contributed by atoms with E-state index in [9.17, 15) is 14.4 Å². The predicted molar refractivity (Wildman–Crippen MR) is 132 cm³/mol. The van der Waals surface area contributed by atoms with E-state index in [2.05, 4.69) is 0 Å². The standard InChI is InChI=1S/C24H23Cl2NO6S/c1-3-4-9-32-22(28)13-27-23(29)21(34-24(27)30)11-15-5-8-19(20(10-15)31-2)33-14-16-6-7-17(25)12-18(16)26/h5-8,10-12H,3-4,9,13-14H2,1-2H3/b21-11+. The Bertz CT molecular complexity index is 1120. The van der Waals surface area contributed by atoms with Crippen molar-refractivity contribution in [3.8, 4) is 11.5 Å². The van der Waals surface area contributed by atoms with E-state index in [1.54, 1.807) is 42.5 Å². The molecule has 0 spiro atoms. The summed E-state index contributed by atoms with van der Waals surface area (Å²) in [6, 6.07) is 10.3. The van der Waals surface area contributed by atoms with Crippen LogP contribution in [0.15, 0.2) is 41.3 Å². The molecule has 1 saturated heterocycles. The zero-order valence-corrected chi connectivity index (χ0v) is 21.0. The number of thioether (sulfide) groups is 1. The molecule has 1 fully saturated rings. The second-order valence-corrected chi connectivity index (χ2v) is 9.11. The number of hydrogen-bond donors (Lipinski definition) is 0. The van der Waals surface area contributed by atoms with Gasteiger partial charge in [0.1, 0.15) is 13.2 Å². The number of halogens is 2. The normalized spacial score (nSPS) is 14.6. The van der Waals surface area contributed by atoms with E-state index in [0.717, 1.165) is 35.1 Å². The van der Waals surface area contributed by atoms with Gasteiger partial charge in [-0.3, -0.25) is 19.3 Å². The van der Waals surface area contributed by atoms with Gasteiger partial charge in [0.2, 0.25) is 0 Å². The molecule has 0 bridgehead atoms. The number of methoxy groups -OCH3 is 1. The molecule has 1 aliphatic heterocycles. The summed E-state index contributed by atoms with van der Waals surface area (Å²) in [5.74, 6) is -0.230. The van der Waals surface area contributed by atoms with Gasteiger partial charge in [-0.15, -0.1) is 0 Å². The van der Waals surface area contributed by atoms with Crippen molar-refractivity contribution < 1.29 is 28.6 Å². The van der Waals surface area contributed by atoms with Crippen LogP contribution < -0.4 is 9.47 Å². The van der Waals surface area contributed by atoms with E-state index in [4.69, 9.17) is 37.4 Å². The first-order valence-corrected chi connectivity index (χ1v) is 12.1. The van der Waals surface area contributed by atoms with Crippen molar-refractivity contribution in [3.05, 3.63) is 62.5 Å². The maximum absolute atomic E-state index is 12.7. The zero-order chi connectivity index (χ0) is 24.7. The SMILES string of the molecule is CCCCOC(=O)CN1C(=O)S/C(=C/c2ccc(OCc3ccc(Cl)cc3Cl)c(OC)c2)C1=O. The van der Waals surface area contributed by atoms with Crippen molar-refractivity contribution in [2.24, 2.45) is 0 Å². The quantitative estimate of drug-likeness (QED) is 0.216. The van der Waals surface area contributed by atoms with Gasteiger partial charge in [0, 0.05) is 15.6 Å². The Balaban J connectivity index is 1.68. The molecule has 0 saturated carbocycles. The lowest BCUT2D eigenvalue weighted by Gasteiger charge is -2.13.